The van der Waals surface area contributed by atoms with Crippen molar-refractivity contribution in [2.24, 2.45) is 0 Å². The predicted molar refractivity (Wildman–Crippen MR) is 117 cm³/mol. The second kappa shape index (κ2) is 6.21. The molecule has 5 rings (SSSR count). The van der Waals surface area contributed by atoms with E-state index < -0.39 is 0 Å². The van der Waals surface area contributed by atoms with Gasteiger partial charge in [0.05, 0.1) is 0 Å². The summed E-state index contributed by atoms with van der Waals surface area (Å²) in [5.41, 5.74) is 9.11. The maximum absolute atomic E-state index is 3.66. The number of benzene rings is 4. The molecule has 0 saturated heterocycles. The van der Waals surface area contributed by atoms with Crippen molar-refractivity contribution in [1.82, 2.24) is 0 Å². The van der Waals surface area contributed by atoms with Crippen molar-refractivity contribution in [2.75, 3.05) is 0 Å². The lowest BCUT2D eigenvalue weighted by molar-refractivity contribution is 0.713. The van der Waals surface area contributed by atoms with E-state index in [1.807, 2.05) is 0 Å². The molecule has 0 heterocycles. The van der Waals surface area contributed by atoms with Gasteiger partial charge >= 0.3 is 0 Å². The number of hydrogen-bond acceptors (Lipinski definition) is 0. The summed E-state index contributed by atoms with van der Waals surface area (Å²) in [4.78, 5) is 0. The summed E-state index contributed by atoms with van der Waals surface area (Å²) in [6.45, 7) is 2.36. The van der Waals surface area contributed by atoms with Crippen LogP contribution in [0.5, 0.6) is 0 Å². The molecular formula is C26H19Br. The van der Waals surface area contributed by atoms with E-state index in [0.29, 0.717) is 0 Å². The van der Waals surface area contributed by atoms with Crippen LogP contribution in [-0.2, 0) is 5.41 Å². The molecule has 0 aliphatic heterocycles. The van der Waals surface area contributed by atoms with E-state index >= 15 is 0 Å². The minimum atomic E-state index is -0.166. The molecule has 0 saturated carbocycles. The number of fused-ring (bicyclic) bond motifs is 3. The molecule has 130 valence electrons. The first-order valence-corrected chi connectivity index (χ1v) is 10.0. The topological polar surface area (TPSA) is 0 Å². The molecule has 1 aliphatic rings. The monoisotopic (exact) mass is 410 g/mol. The fourth-order valence-electron chi connectivity index (χ4n) is 4.41. The molecule has 1 aliphatic carbocycles. The molecule has 0 amide bonds. The summed E-state index contributed by atoms with van der Waals surface area (Å²) in [6, 6.07) is 35.1. The Kier molecular flexibility index (Phi) is 3.80. The highest BCUT2D eigenvalue weighted by atomic mass is 79.9. The third-order valence-electron chi connectivity index (χ3n) is 5.82. The molecule has 0 fully saturated rings. The van der Waals surface area contributed by atoms with Crippen molar-refractivity contribution in [2.45, 2.75) is 12.3 Å². The second-order valence-electron chi connectivity index (χ2n) is 7.31. The zero-order valence-electron chi connectivity index (χ0n) is 15.1. The lowest BCUT2D eigenvalue weighted by Gasteiger charge is -2.29. The Morgan fingerprint density at radius 3 is 2.15 bits per heavy atom. The Labute approximate surface area is 168 Å². The summed E-state index contributed by atoms with van der Waals surface area (Å²) >= 11 is 3.66. The fraction of sp³-hybridized carbons (Fsp3) is 0.0769. The molecule has 0 bridgehead atoms. The van der Waals surface area contributed by atoms with E-state index in [4.69, 9.17) is 0 Å². The van der Waals surface area contributed by atoms with Crippen molar-refractivity contribution in [3.63, 3.8) is 0 Å². The van der Waals surface area contributed by atoms with Gasteiger partial charge in [-0.05, 0) is 64.1 Å². The van der Waals surface area contributed by atoms with Gasteiger partial charge in [0.2, 0.25) is 0 Å². The van der Waals surface area contributed by atoms with E-state index in [9.17, 15) is 0 Å². The molecule has 0 radical (unpaired) electrons. The number of hydrogen-bond donors (Lipinski definition) is 0. The van der Waals surface area contributed by atoms with Gasteiger partial charge in [0.15, 0.2) is 0 Å². The van der Waals surface area contributed by atoms with E-state index in [1.165, 1.54) is 38.9 Å². The van der Waals surface area contributed by atoms with Crippen LogP contribution < -0.4 is 0 Å². The number of rotatable bonds is 2. The Morgan fingerprint density at radius 2 is 1.33 bits per heavy atom. The van der Waals surface area contributed by atoms with Gasteiger partial charge in [0.1, 0.15) is 0 Å². The quantitative estimate of drug-likeness (QED) is 0.321. The zero-order valence-corrected chi connectivity index (χ0v) is 16.7. The van der Waals surface area contributed by atoms with Crippen molar-refractivity contribution >= 4 is 15.9 Å². The van der Waals surface area contributed by atoms with Crippen LogP contribution in [0.1, 0.15) is 23.6 Å². The molecule has 1 unspecified atom stereocenters. The van der Waals surface area contributed by atoms with Gasteiger partial charge in [-0.3, -0.25) is 0 Å². The molecule has 27 heavy (non-hydrogen) atoms. The highest BCUT2D eigenvalue weighted by Gasteiger charge is 2.40. The van der Waals surface area contributed by atoms with Crippen molar-refractivity contribution in [3.8, 4) is 22.3 Å². The summed E-state index contributed by atoms with van der Waals surface area (Å²) in [7, 11) is 0. The Hall–Kier alpha value is -2.64. The summed E-state index contributed by atoms with van der Waals surface area (Å²) in [5, 5.41) is 0. The van der Waals surface area contributed by atoms with Gasteiger partial charge in [-0.15, -0.1) is 0 Å². The van der Waals surface area contributed by atoms with Gasteiger partial charge in [-0.2, -0.15) is 0 Å². The highest BCUT2D eigenvalue weighted by molar-refractivity contribution is 9.10. The van der Waals surface area contributed by atoms with Crippen LogP contribution in [-0.4, -0.2) is 0 Å². The average Bonchev–Trinajstić information content (AvgIpc) is 2.98. The third-order valence-corrected chi connectivity index (χ3v) is 6.32. The lowest BCUT2D eigenvalue weighted by Crippen LogP contribution is -2.22. The van der Waals surface area contributed by atoms with Crippen LogP contribution in [0.15, 0.2) is 102 Å². The number of halogens is 1. The molecular weight excluding hydrogens is 392 g/mol. The molecule has 0 aromatic heterocycles. The minimum Gasteiger partial charge on any atom is -0.0622 e. The van der Waals surface area contributed by atoms with Gasteiger partial charge in [0, 0.05) is 9.89 Å². The molecule has 0 spiro atoms. The molecule has 1 heteroatoms. The van der Waals surface area contributed by atoms with Gasteiger partial charge in [-0.25, -0.2) is 0 Å². The largest absolute Gasteiger partial charge is 0.0622 e. The van der Waals surface area contributed by atoms with Crippen molar-refractivity contribution in [3.05, 3.63) is 118 Å². The Morgan fingerprint density at radius 1 is 0.593 bits per heavy atom. The first-order chi connectivity index (χ1) is 13.2. The summed E-state index contributed by atoms with van der Waals surface area (Å²) in [5.74, 6) is 0. The van der Waals surface area contributed by atoms with Gasteiger partial charge < -0.3 is 0 Å². The maximum atomic E-state index is 3.66. The third kappa shape index (κ3) is 2.49. The normalized spacial score (nSPS) is 17.4. The molecule has 0 nitrogen and oxygen atoms in total. The van der Waals surface area contributed by atoms with Crippen molar-refractivity contribution < 1.29 is 0 Å². The summed E-state index contributed by atoms with van der Waals surface area (Å²) in [6.07, 6.45) is 0. The van der Waals surface area contributed by atoms with Crippen LogP contribution in [0.2, 0.25) is 0 Å². The maximum Gasteiger partial charge on any atom is 0.0436 e. The predicted octanol–water partition coefficient (Wildman–Crippen LogP) is 7.45. The highest BCUT2D eigenvalue weighted by Crippen LogP contribution is 2.53. The standard InChI is InChI=1S/C26H19Br/c1-26(20-10-7-11-21(27)17-20)24-13-6-5-12-22(24)23-15-14-19(16-25(23)26)18-8-3-2-4-9-18/h2-17H,1H3. The summed E-state index contributed by atoms with van der Waals surface area (Å²) < 4.78 is 1.12. The Bertz CT molecular complexity index is 1140. The van der Waals surface area contributed by atoms with Gasteiger partial charge in [0.25, 0.3) is 0 Å². The minimum absolute atomic E-state index is 0.166. The van der Waals surface area contributed by atoms with E-state index in [-0.39, 0.29) is 5.41 Å². The van der Waals surface area contributed by atoms with Crippen LogP contribution in [0, 0.1) is 0 Å². The van der Waals surface area contributed by atoms with E-state index in [1.54, 1.807) is 0 Å². The van der Waals surface area contributed by atoms with Crippen molar-refractivity contribution in [1.29, 1.82) is 0 Å². The fourth-order valence-corrected chi connectivity index (χ4v) is 4.81. The Balaban J connectivity index is 1.80. The molecule has 0 N–H and O–H groups in total. The first kappa shape index (κ1) is 16.5. The van der Waals surface area contributed by atoms with Crippen LogP contribution in [0.3, 0.4) is 0 Å². The molecule has 4 aromatic carbocycles. The van der Waals surface area contributed by atoms with E-state index in [2.05, 4.69) is 120 Å². The van der Waals surface area contributed by atoms with Crippen LogP contribution in [0.4, 0.5) is 0 Å². The lowest BCUT2D eigenvalue weighted by atomic mass is 9.74. The van der Waals surface area contributed by atoms with Crippen LogP contribution >= 0.6 is 15.9 Å². The molecule has 1 atom stereocenters. The second-order valence-corrected chi connectivity index (χ2v) is 8.22. The molecule has 4 aromatic rings. The zero-order chi connectivity index (χ0) is 18.4. The van der Waals surface area contributed by atoms with Gasteiger partial charge in [-0.1, -0.05) is 94.8 Å². The van der Waals surface area contributed by atoms with Crippen LogP contribution in [0.25, 0.3) is 22.3 Å². The average molecular weight is 411 g/mol. The first-order valence-electron chi connectivity index (χ1n) is 9.24. The van der Waals surface area contributed by atoms with E-state index in [0.717, 1.165) is 4.47 Å². The smallest absolute Gasteiger partial charge is 0.0436 e. The SMILES string of the molecule is CC1(c2cccc(Br)c2)c2ccccc2-c2ccc(-c3ccccc3)cc21.